The van der Waals surface area contributed by atoms with Gasteiger partial charge in [0.05, 0.1) is 12.5 Å². The van der Waals surface area contributed by atoms with Crippen LogP contribution in [0.5, 0.6) is 0 Å². The Morgan fingerprint density at radius 2 is 1.41 bits per heavy atom. The second-order valence-corrected chi connectivity index (χ2v) is 14.9. The lowest BCUT2D eigenvalue weighted by molar-refractivity contribution is -0.210. The summed E-state index contributed by atoms with van der Waals surface area (Å²) in [5.74, 6) is 3.70. The Hall–Kier alpha value is 0.540. The van der Waals surface area contributed by atoms with Crippen LogP contribution >= 0.6 is 82.3 Å². The molecule has 0 heterocycles. The van der Waals surface area contributed by atoms with Crippen molar-refractivity contribution in [2.75, 3.05) is 88.1 Å². The second kappa shape index (κ2) is 34.6. The van der Waals surface area contributed by atoms with Crippen LogP contribution in [0.15, 0.2) is 9.98 Å². The maximum atomic E-state index is 11.7. The number of nitrogens with one attached hydrogen (secondary N) is 1. The van der Waals surface area contributed by atoms with Gasteiger partial charge in [-0.25, -0.2) is 4.79 Å². The van der Waals surface area contributed by atoms with Gasteiger partial charge in [-0.2, -0.15) is 9.78 Å². The van der Waals surface area contributed by atoms with Gasteiger partial charge in [-0.15, -0.1) is 82.3 Å². The van der Waals surface area contributed by atoms with Crippen LogP contribution in [-0.4, -0.2) is 112 Å². The molecule has 0 aliphatic carbocycles. The highest BCUT2D eigenvalue weighted by Gasteiger charge is 2.01. The molecular weight excluding hydrogens is 619 g/mol. The van der Waals surface area contributed by atoms with Gasteiger partial charge in [0.25, 0.3) is 0 Å². The summed E-state index contributed by atoms with van der Waals surface area (Å²) in [4.78, 5) is 39.0. The van der Waals surface area contributed by atoms with Crippen molar-refractivity contribution in [1.82, 2.24) is 5.32 Å². The van der Waals surface area contributed by atoms with Gasteiger partial charge in [-0.05, 0) is 6.42 Å². The Balaban J connectivity index is 3.20. The highest BCUT2D eigenvalue weighted by Crippen LogP contribution is 2.18. The number of hydrogen-bond donors (Lipinski definition) is 2. The minimum Gasteiger partial charge on any atom is -0.449 e. The topological polar surface area (TPSA) is 120 Å². The third-order valence-electron chi connectivity index (χ3n) is 3.27. The molecule has 0 rings (SSSR count). The number of amides is 1. The summed E-state index contributed by atoms with van der Waals surface area (Å²) in [6.45, 7) is 5.03. The van der Waals surface area contributed by atoms with E-state index in [9.17, 15) is 4.79 Å². The van der Waals surface area contributed by atoms with Gasteiger partial charge in [0, 0.05) is 56.4 Å². The lowest BCUT2D eigenvalue weighted by atomic mass is 10.5. The Kier molecular flexibility index (Phi) is 35.1. The Bertz CT molecular complexity index is 545. The molecule has 0 aliphatic heterocycles. The summed E-state index contributed by atoms with van der Waals surface area (Å²) in [5.41, 5.74) is 0. The Morgan fingerprint density at radius 1 is 0.784 bits per heavy atom. The fourth-order valence-electron chi connectivity index (χ4n) is 1.72. The number of aliphatic hydroxyl groups is 1. The summed E-state index contributed by atoms with van der Waals surface area (Å²) >= 11 is 12.0. The highest BCUT2D eigenvalue weighted by atomic mass is 32.2. The third kappa shape index (κ3) is 34.5. The van der Waals surface area contributed by atoms with E-state index in [1.165, 1.54) is 24.6 Å². The first-order valence-electron chi connectivity index (χ1n) is 11.4. The van der Waals surface area contributed by atoms with Crippen molar-refractivity contribution in [1.29, 1.82) is 0 Å². The van der Waals surface area contributed by atoms with Crippen molar-refractivity contribution in [3.05, 3.63) is 0 Å². The van der Waals surface area contributed by atoms with E-state index in [1.807, 2.05) is 35.3 Å². The van der Waals surface area contributed by atoms with Crippen molar-refractivity contribution >= 4 is 101 Å². The zero-order valence-corrected chi connectivity index (χ0v) is 26.8. The molecule has 0 aromatic heterocycles. The fraction of sp³-hybridized carbons (Fsp3) is 0.850. The third-order valence-corrected chi connectivity index (χ3v) is 10.9. The molecule has 0 atom stereocenters. The van der Waals surface area contributed by atoms with Crippen LogP contribution in [0.1, 0.15) is 13.3 Å². The number of carbonyl (C=O) groups is 1. The quantitative estimate of drug-likeness (QED) is 0.0282. The molecule has 1 amide bonds. The lowest BCUT2D eigenvalue weighted by Gasteiger charge is -2.07. The van der Waals surface area contributed by atoms with Crippen LogP contribution in [0, 0.1) is 0 Å². The first kappa shape index (κ1) is 37.5. The minimum absolute atomic E-state index is 0.00131. The van der Waals surface area contributed by atoms with Gasteiger partial charge in [0.2, 0.25) is 12.8 Å². The molecule has 0 aromatic carbocycles. The molecule has 0 fully saturated rings. The average Bonchev–Trinajstić information content (AvgIpc) is 2.90. The highest BCUT2D eigenvalue weighted by molar-refractivity contribution is 8.23. The molecule has 0 spiro atoms. The molecular formula is C20H39N3O7S7. The molecule has 17 heteroatoms. The molecule has 0 aliphatic rings. The SMILES string of the molecule is CCC/N=C/OOCCSCSCSCCOC(=O)NCCSCSCSCC/N=C/OOCSCO. The van der Waals surface area contributed by atoms with Crippen LogP contribution in [-0.2, 0) is 24.3 Å². The molecule has 0 unspecified atom stereocenters. The standard InChI is InChI=1S/C20H39N3O7S7/c1-2-3-21-12-28-27-7-11-34-19-37-18-33-10-6-26-20(25)23-5-9-32-17-36-16-31-8-4-22-13-29-30-15-35-14-24/h12-13,24H,2-11,14-19H2,1H3,(H,23,25)/b21-12+,22-13+. The van der Waals surface area contributed by atoms with E-state index >= 15 is 0 Å². The number of nitrogens with zero attached hydrogens (tertiary/aromatic N) is 2. The lowest BCUT2D eigenvalue weighted by Crippen LogP contribution is -2.27. The van der Waals surface area contributed by atoms with E-state index in [0.29, 0.717) is 26.3 Å². The summed E-state index contributed by atoms with van der Waals surface area (Å²) < 4.78 is 5.19. The molecule has 2 N–H and O–H groups in total. The van der Waals surface area contributed by atoms with E-state index < -0.39 is 0 Å². The maximum absolute atomic E-state index is 11.7. The van der Waals surface area contributed by atoms with Gasteiger partial charge in [0.15, 0.2) is 0 Å². The van der Waals surface area contributed by atoms with E-state index in [-0.39, 0.29) is 18.0 Å². The van der Waals surface area contributed by atoms with E-state index in [4.69, 9.17) is 29.4 Å². The number of thioether (sulfide) groups is 7. The molecule has 0 aromatic rings. The summed E-state index contributed by atoms with van der Waals surface area (Å²) in [7, 11) is 0. The zero-order chi connectivity index (χ0) is 26.9. The number of ether oxygens (including phenoxy) is 1. The molecule has 0 saturated carbocycles. The van der Waals surface area contributed by atoms with Gasteiger partial charge < -0.3 is 24.9 Å². The summed E-state index contributed by atoms with van der Waals surface area (Å²) in [6.07, 6.45) is 3.27. The van der Waals surface area contributed by atoms with Gasteiger partial charge in [-0.1, -0.05) is 6.92 Å². The number of aliphatic imine (C=N–C) groups is 2. The second-order valence-electron chi connectivity index (χ2n) is 6.18. The number of carbonyl (C=O) groups excluding carboxylic acids is 1. The van der Waals surface area contributed by atoms with E-state index in [1.54, 1.807) is 35.3 Å². The maximum Gasteiger partial charge on any atom is 0.407 e. The first-order chi connectivity index (χ1) is 18.3. The van der Waals surface area contributed by atoms with Gasteiger partial charge >= 0.3 is 6.09 Å². The van der Waals surface area contributed by atoms with Crippen molar-refractivity contribution < 1.29 is 34.2 Å². The number of rotatable bonds is 29. The number of aliphatic hydroxyl groups excluding tert-OH is 1. The van der Waals surface area contributed by atoms with Gasteiger partial charge in [-0.3, -0.25) is 9.98 Å². The van der Waals surface area contributed by atoms with Crippen molar-refractivity contribution in [3.63, 3.8) is 0 Å². The van der Waals surface area contributed by atoms with Crippen molar-refractivity contribution in [3.8, 4) is 0 Å². The first-order valence-corrected chi connectivity index (χ1v) is 19.5. The molecule has 0 radical (unpaired) electrons. The van der Waals surface area contributed by atoms with Crippen LogP contribution < -0.4 is 5.32 Å². The Morgan fingerprint density at radius 3 is 2.11 bits per heavy atom. The fourth-order valence-corrected chi connectivity index (χ4v) is 8.33. The molecule has 0 bridgehead atoms. The monoisotopic (exact) mass is 657 g/mol. The molecule has 37 heavy (non-hydrogen) atoms. The molecule has 218 valence electrons. The van der Waals surface area contributed by atoms with Crippen LogP contribution in [0.4, 0.5) is 4.79 Å². The normalized spacial score (nSPS) is 11.4. The predicted molar refractivity (Wildman–Crippen MR) is 170 cm³/mol. The predicted octanol–water partition coefficient (Wildman–Crippen LogP) is 4.95. The average molecular weight is 658 g/mol. The van der Waals surface area contributed by atoms with Crippen LogP contribution in [0.2, 0.25) is 0 Å². The van der Waals surface area contributed by atoms with E-state index in [2.05, 4.69) is 22.2 Å². The molecule has 10 nitrogen and oxygen atoms in total. The molecule has 0 saturated heterocycles. The van der Waals surface area contributed by atoms with Crippen LogP contribution in [0.25, 0.3) is 0 Å². The largest absolute Gasteiger partial charge is 0.449 e. The summed E-state index contributed by atoms with van der Waals surface area (Å²) in [5, 5.41) is 15.3. The number of hydrogen-bond acceptors (Lipinski definition) is 16. The zero-order valence-electron chi connectivity index (χ0n) is 21.1. The van der Waals surface area contributed by atoms with Gasteiger partial charge in [0.1, 0.15) is 19.2 Å². The van der Waals surface area contributed by atoms with Crippen LogP contribution in [0.3, 0.4) is 0 Å². The Labute approximate surface area is 250 Å². The smallest absolute Gasteiger partial charge is 0.407 e. The van der Waals surface area contributed by atoms with E-state index in [0.717, 1.165) is 56.3 Å². The summed E-state index contributed by atoms with van der Waals surface area (Å²) in [6, 6.07) is 0. The minimum atomic E-state index is -0.350. The van der Waals surface area contributed by atoms with Crippen molar-refractivity contribution in [2.45, 2.75) is 13.3 Å². The van der Waals surface area contributed by atoms with Crippen molar-refractivity contribution in [2.24, 2.45) is 9.98 Å². The number of alkyl carbamates (subject to hydrolysis) is 1.